The van der Waals surface area contributed by atoms with Gasteiger partial charge in [0.1, 0.15) is 0 Å². The maximum atomic E-state index is 2.61. The fourth-order valence-electron chi connectivity index (χ4n) is 18.2. The minimum atomic E-state index is -0.338. The molecule has 4 heteroatoms. The summed E-state index contributed by atoms with van der Waals surface area (Å²) < 4.78 is 0. The minimum absolute atomic E-state index is 0.338. The molecule has 0 aromatic heterocycles. The predicted octanol–water partition coefficient (Wildman–Crippen LogP) is 28.6. The van der Waals surface area contributed by atoms with Crippen molar-refractivity contribution in [2.45, 2.75) is 123 Å². The summed E-state index contributed by atoms with van der Waals surface area (Å²) in [5, 5.41) is 2.44. The fourth-order valence-corrected chi connectivity index (χ4v) is 18.2. The smallest absolute Gasteiger partial charge is 0.0805 e. The molecule has 108 heavy (non-hydrogen) atoms. The second-order valence-corrected chi connectivity index (χ2v) is 31.2. The number of anilines is 8. The largest absolute Gasteiger partial charge is 0.330 e. The lowest BCUT2D eigenvalue weighted by atomic mass is 9.78. The van der Waals surface area contributed by atoms with Crippen LogP contribution in [0, 0.1) is 111 Å². The van der Waals surface area contributed by atoms with Gasteiger partial charge in [-0.25, -0.2) is 0 Å². The Bertz CT molecular complexity index is 5420. The van der Waals surface area contributed by atoms with Crippen LogP contribution in [0.2, 0.25) is 0 Å². The van der Waals surface area contributed by atoms with Crippen LogP contribution in [-0.2, 0) is 0 Å². The number of rotatable bonds is 16. The Morgan fingerprint density at radius 3 is 0.611 bits per heavy atom. The molecule has 2 aliphatic rings. The van der Waals surface area contributed by atoms with Gasteiger partial charge in [-0.05, 0) is 331 Å². The van der Waals surface area contributed by atoms with Crippen molar-refractivity contribution < 1.29 is 0 Å². The van der Waals surface area contributed by atoms with Crippen molar-refractivity contribution in [3.63, 3.8) is 0 Å². The summed E-state index contributed by atoms with van der Waals surface area (Å²) in [5.41, 5.74) is 45.8. The first-order valence-corrected chi connectivity index (χ1v) is 38.3. The lowest BCUT2D eigenvalue weighted by molar-refractivity contribution is 0.841. The third kappa shape index (κ3) is 13.0. The van der Waals surface area contributed by atoms with Crippen molar-refractivity contribution >= 4 is 67.7 Å². The maximum absolute atomic E-state index is 2.61. The van der Waals surface area contributed by atoms with Crippen LogP contribution in [-0.4, -0.2) is 0 Å². The van der Waals surface area contributed by atoms with E-state index in [0.29, 0.717) is 0 Å². The lowest BCUT2D eigenvalue weighted by Gasteiger charge is -2.42. The van der Waals surface area contributed by atoms with Crippen LogP contribution in [0.15, 0.2) is 279 Å². The molecule has 0 saturated carbocycles. The summed E-state index contributed by atoms with van der Waals surface area (Å²) in [6.07, 6.45) is 5.16. The van der Waals surface area contributed by atoms with E-state index >= 15 is 0 Å². The van der Waals surface area contributed by atoms with Crippen LogP contribution >= 0.6 is 0 Å². The van der Waals surface area contributed by atoms with Gasteiger partial charge in [-0.2, -0.15) is 0 Å². The number of nitrogens with zero attached hydrogens (tertiary/aromatic N) is 4. The van der Waals surface area contributed by atoms with Gasteiger partial charge in [0.05, 0.1) is 23.5 Å². The van der Waals surface area contributed by atoms with E-state index in [0.717, 1.165) is 68.0 Å². The Hall–Kier alpha value is -12.0. The highest BCUT2D eigenvalue weighted by Gasteiger charge is 2.39. The molecule has 14 aromatic carbocycles. The second-order valence-electron chi connectivity index (χ2n) is 31.2. The highest BCUT2D eigenvalue weighted by atomic mass is 15.2. The van der Waals surface area contributed by atoms with Gasteiger partial charge in [-0.1, -0.05) is 214 Å². The topological polar surface area (TPSA) is 13.0 Å². The van der Waals surface area contributed by atoms with Crippen molar-refractivity contribution in [3.05, 3.63) is 390 Å². The fraction of sp³-hybridized carbons (Fsp3) is 0.173. The summed E-state index contributed by atoms with van der Waals surface area (Å²) in [4.78, 5) is 10.3. The lowest BCUT2D eigenvalue weighted by Crippen LogP contribution is -2.30. The van der Waals surface area contributed by atoms with E-state index in [1.807, 2.05) is 0 Å². The molecule has 2 unspecified atom stereocenters. The molecule has 14 aromatic rings. The zero-order chi connectivity index (χ0) is 75.1. The first-order chi connectivity index (χ1) is 52.1. The van der Waals surface area contributed by atoms with Gasteiger partial charge in [0.2, 0.25) is 0 Å². The molecule has 4 nitrogen and oxygen atoms in total. The monoisotopic (exact) mass is 1400 g/mol. The van der Waals surface area contributed by atoms with Crippen molar-refractivity contribution in [3.8, 4) is 44.5 Å². The quantitative estimate of drug-likeness (QED) is 0.0956. The summed E-state index contributed by atoms with van der Waals surface area (Å²) in [5.74, 6) is 0. The molecule has 0 aliphatic heterocycles. The molecule has 2 atom stereocenters. The zero-order valence-electron chi connectivity index (χ0n) is 65.5. The average Bonchev–Trinajstić information content (AvgIpc) is 0.699. The first kappa shape index (κ1) is 70.3. The summed E-state index contributed by atoms with van der Waals surface area (Å²) >= 11 is 0. The average molecular weight is 1400 g/mol. The van der Waals surface area contributed by atoms with Crippen molar-refractivity contribution in [2.24, 2.45) is 0 Å². The Morgan fingerprint density at radius 2 is 0.389 bits per heavy atom. The highest BCUT2D eigenvalue weighted by molar-refractivity contribution is 6.12. The van der Waals surface area contributed by atoms with E-state index in [9.17, 15) is 0 Å². The molecule has 0 N–H and O–H groups in total. The molecule has 0 saturated heterocycles. The minimum Gasteiger partial charge on any atom is -0.330 e. The van der Waals surface area contributed by atoms with Gasteiger partial charge in [0, 0.05) is 56.6 Å². The van der Waals surface area contributed by atoms with Crippen LogP contribution in [0.5, 0.6) is 0 Å². The number of hydrogen-bond donors (Lipinski definition) is 0. The van der Waals surface area contributed by atoms with E-state index in [-0.39, 0.29) is 12.1 Å². The summed E-state index contributed by atoms with van der Waals surface area (Å²) in [6.45, 7) is 35.6. The van der Waals surface area contributed by atoms with Gasteiger partial charge < -0.3 is 19.6 Å². The molecule has 532 valence electrons. The van der Waals surface area contributed by atoms with Crippen LogP contribution in [0.1, 0.15) is 123 Å². The molecular weight excluding hydrogens is 1310 g/mol. The van der Waals surface area contributed by atoms with E-state index in [4.69, 9.17) is 0 Å². The highest BCUT2D eigenvalue weighted by Crippen LogP contribution is 2.56. The molecule has 0 heterocycles. The van der Waals surface area contributed by atoms with Crippen molar-refractivity contribution in [1.29, 1.82) is 0 Å². The van der Waals surface area contributed by atoms with Gasteiger partial charge in [0.15, 0.2) is 0 Å². The molecule has 0 amide bonds. The number of hydrogen-bond acceptors (Lipinski definition) is 4. The second kappa shape index (κ2) is 28.4. The molecule has 0 fully saturated rings. The van der Waals surface area contributed by atoms with Gasteiger partial charge in [0.25, 0.3) is 0 Å². The normalized spacial score (nSPS) is 13.7. The van der Waals surface area contributed by atoms with Crippen LogP contribution in [0.25, 0.3) is 66.7 Å². The Kier molecular flexibility index (Phi) is 18.5. The van der Waals surface area contributed by atoms with Gasteiger partial charge >= 0.3 is 0 Å². The van der Waals surface area contributed by atoms with Crippen LogP contribution in [0.4, 0.5) is 45.5 Å². The standard InChI is InChI=1S/C104H96N4/c1-63-17-33-83(34-18-63)105(87-41-25-79(26-42-87)99-71(9)53-67(5)54-72(99)10)95-61-96(106(84-35-19-64(2)20-36-84)88-43-27-80(28-44-88)100-73(11)55-68(6)56-74(100)12)92-51-52-94-98(108(86-39-23-66(4)24-40-86)90-47-31-82(32-48-90)102-77(15)59-70(8)60-78(102)16)62-97(93-50-49-91(95)103(92)104(93)94)107(85-37-21-65(3)22-38-85)89-45-29-81(30-46-89)101-75(13)57-69(7)58-76(101)14/h17-62,95,98H,1-16H3. The van der Waals surface area contributed by atoms with Gasteiger partial charge in [-0.3, -0.25) is 0 Å². The molecule has 2 aliphatic carbocycles. The Labute approximate surface area is 640 Å². The summed E-state index contributed by atoms with van der Waals surface area (Å²) in [6, 6.07) is 102. The molecule has 0 spiro atoms. The van der Waals surface area contributed by atoms with E-state index < -0.39 is 0 Å². The Morgan fingerprint density at radius 1 is 0.194 bits per heavy atom. The molecule has 0 radical (unpaired) electrons. The summed E-state index contributed by atoms with van der Waals surface area (Å²) in [7, 11) is 0. The van der Waals surface area contributed by atoms with Crippen LogP contribution < -0.4 is 19.6 Å². The van der Waals surface area contributed by atoms with E-state index in [1.165, 1.54) is 155 Å². The predicted molar refractivity (Wildman–Crippen MR) is 463 cm³/mol. The van der Waals surface area contributed by atoms with Gasteiger partial charge in [-0.15, -0.1) is 0 Å². The number of benzene rings is 14. The third-order valence-corrected chi connectivity index (χ3v) is 22.7. The van der Waals surface area contributed by atoms with Crippen molar-refractivity contribution in [1.82, 2.24) is 0 Å². The van der Waals surface area contributed by atoms with E-state index in [2.05, 4.69) is 409 Å². The van der Waals surface area contributed by atoms with Crippen molar-refractivity contribution in [2.75, 3.05) is 19.6 Å². The Balaban J connectivity index is 0.999. The van der Waals surface area contributed by atoms with Crippen LogP contribution in [0.3, 0.4) is 0 Å². The molecule has 16 rings (SSSR count). The SMILES string of the molecule is Cc1ccc(N(C2=CC(N(c3ccc(C)cc3)c3ccc(-c4c(C)cc(C)cc4C)cc3)c3ccc4c5c(ccc2c35)C(N(c2ccc(C)cc2)c2ccc(-c3c(C)cc(C)cc3C)cc2)C=C4N(c2ccc(C)cc2)c2ccc(-c3c(C)cc(C)cc3C)cc2)c2ccc(-c3c(C)cc(C)cc3C)cc2)cc1. The first-order valence-electron chi connectivity index (χ1n) is 38.3. The molecule has 0 bridgehead atoms. The maximum Gasteiger partial charge on any atom is 0.0805 e. The van der Waals surface area contributed by atoms with E-state index in [1.54, 1.807) is 0 Å². The number of aryl methyl sites for hydroxylation is 16. The zero-order valence-corrected chi connectivity index (χ0v) is 65.5. The third-order valence-electron chi connectivity index (χ3n) is 22.7. The molecular formula is C104H96N4.